The minimum absolute atomic E-state index is 0.0661. The van der Waals surface area contributed by atoms with Gasteiger partial charge in [-0.15, -0.1) is 0 Å². The van der Waals surface area contributed by atoms with Crippen LogP contribution in [0.25, 0.3) is 11.1 Å². The number of aromatic amines is 1. The van der Waals surface area contributed by atoms with Crippen LogP contribution >= 0.6 is 0 Å². The Morgan fingerprint density at radius 3 is 2.44 bits per heavy atom. The van der Waals surface area contributed by atoms with Gasteiger partial charge in [-0.25, -0.2) is 4.79 Å². The van der Waals surface area contributed by atoms with Crippen molar-refractivity contribution >= 4 is 11.6 Å². The smallest absolute Gasteiger partial charge is 0.329 e. The summed E-state index contributed by atoms with van der Waals surface area (Å²) >= 11 is 0. The molecule has 32 heavy (non-hydrogen) atoms. The van der Waals surface area contributed by atoms with E-state index in [2.05, 4.69) is 10.3 Å². The topological polar surface area (TPSA) is 107 Å². The summed E-state index contributed by atoms with van der Waals surface area (Å²) in [6.45, 7) is 1.61. The lowest BCUT2D eigenvalue weighted by atomic mass is 9.99. The Morgan fingerprint density at radius 1 is 1.00 bits per heavy atom. The molecule has 4 rings (SSSR count). The van der Waals surface area contributed by atoms with E-state index >= 15 is 0 Å². The normalized spacial score (nSPS) is 11.8. The summed E-state index contributed by atoms with van der Waals surface area (Å²) in [6, 6.07) is 24.0. The lowest BCUT2D eigenvalue weighted by Gasteiger charge is -2.12. The van der Waals surface area contributed by atoms with Crippen LogP contribution in [-0.2, 0) is 11.3 Å². The molecule has 0 aliphatic rings. The Labute approximate surface area is 184 Å². The Bertz CT molecular complexity index is 1290. The first kappa shape index (κ1) is 21.1. The van der Waals surface area contributed by atoms with E-state index in [1.54, 1.807) is 42.5 Å². The quantitative estimate of drug-likeness (QED) is 0.376. The van der Waals surface area contributed by atoms with E-state index in [0.717, 1.165) is 21.3 Å². The zero-order valence-electron chi connectivity index (χ0n) is 17.4. The van der Waals surface area contributed by atoms with Crippen molar-refractivity contribution in [1.82, 2.24) is 9.55 Å². The van der Waals surface area contributed by atoms with Crippen LogP contribution in [0.3, 0.4) is 0 Å². The molecule has 0 saturated carbocycles. The zero-order chi connectivity index (χ0) is 22.7. The summed E-state index contributed by atoms with van der Waals surface area (Å²) in [5, 5.41) is 24.1. The van der Waals surface area contributed by atoms with E-state index in [4.69, 9.17) is 0 Å². The molecule has 0 radical (unpaired) electrons. The van der Waals surface area contributed by atoms with Gasteiger partial charge in [0, 0.05) is 5.69 Å². The third-order valence-corrected chi connectivity index (χ3v) is 5.20. The van der Waals surface area contributed by atoms with Crippen LogP contribution in [0.1, 0.15) is 22.9 Å². The van der Waals surface area contributed by atoms with Gasteiger partial charge in [-0.1, -0.05) is 66.2 Å². The monoisotopic (exact) mass is 429 g/mol. The molecular weight excluding hydrogens is 406 g/mol. The van der Waals surface area contributed by atoms with Gasteiger partial charge in [0.15, 0.2) is 0 Å². The lowest BCUT2D eigenvalue weighted by molar-refractivity contribution is -0.116. The third-order valence-electron chi connectivity index (χ3n) is 5.20. The summed E-state index contributed by atoms with van der Waals surface area (Å²) in [5.41, 5.74) is 3.35. The number of aliphatic hydroxyl groups is 1. The fraction of sp³-hybridized carbons (Fsp3) is 0.120. The molecule has 3 aromatic carbocycles. The maximum atomic E-state index is 12.4. The number of nitrogens with zero attached hydrogens (tertiary/aromatic N) is 1. The van der Waals surface area contributed by atoms with E-state index in [0.29, 0.717) is 11.3 Å². The van der Waals surface area contributed by atoms with E-state index in [9.17, 15) is 19.8 Å². The van der Waals surface area contributed by atoms with Gasteiger partial charge >= 0.3 is 5.69 Å². The second-order valence-electron chi connectivity index (χ2n) is 7.56. The molecule has 0 fully saturated rings. The van der Waals surface area contributed by atoms with Crippen LogP contribution in [0.4, 0.5) is 5.69 Å². The molecule has 4 aromatic rings. The molecule has 0 saturated heterocycles. The molecular formula is C25H23N3O4. The molecule has 4 N–H and O–H groups in total. The minimum Gasteiger partial charge on any atom is -0.493 e. The highest BCUT2D eigenvalue weighted by Gasteiger charge is 2.23. The third kappa shape index (κ3) is 4.48. The van der Waals surface area contributed by atoms with E-state index < -0.39 is 30.1 Å². The Kier molecular flexibility index (Phi) is 5.91. The number of amides is 1. The first-order valence-electron chi connectivity index (χ1n) is 10.1. The van der Waals surface area contributed by atoms with Crippen LogP contribution in [0.5, 0.6) is 5.88 Å². The van der Waals surface area contributed by atoms with Crippen molar-refractivity contribution < 1.29 is 15.0 Å². The second kappa shape index (κ2) is 8.95. The second-order valence-corrected chi connectivity index (χ2v) is 7.56. The van der Waals surface area contributed by atoms with Gasteiger partial charge in [-0.2, -0.15) is 0 Å². The number of anilines is 1. The molecule has 1 heterocycles. The molecule has 1 amide bonds. The van der Waals surface area contributed by atoms with Crippen molar-refractivity contribution in [1.29, 1.82) is 0 Å². The summed E-state index contributed by atoms with van der Waals surface area (Å²) in [4.78, 5) is 27.1. The number of nitrogens with one attached hydrogen (secondary N) is 2. The molecule has 162 valence electrons. The summed E-state index contributed by atoms with van der Waals surface area (Å²) in [7, 11) is 0. The molecule has 0 aliphatic heterocycles. The van der Waals surface area contributed by atoms with Crippen LogP contribution in [0.15, 0.2) is 83.7 Å². The van der Waals surface area contributed by atoms with Crippen molar-refractivity contribution in [2.75, 3.05) is 5.32 Å². The SMILES string of the molecule is Cc1ccc(-c2cccc(C(O)c3[nH]c(=O)n(CC(=O)Nc4ccccc4)c3O)c2)cc1. The van der Waals surface area contributed by atoms with Gasteiger partial charge < -0.3 is 20.5 Å². The Morgan fingerprint density at radius 2 is 1.72 bits per heavy atom. The number of aromatic nitrogens is 2. The summed E-state index contributed by atoms with van der Waals surface area (Å²) in [6.07, 6.45) is -1.27. The number of aryl methyl sites for hydroxylation is 1. The van der Waals surface area contributed by atoms with Gasteiger partial charge in [0.05, 0.1) is 0 Å². The fourth-order valence-corrected chi connectivity index (χ4v) is 3.48. The molecule has 1 unspecified atom stereocenters. The summed E-state index contributed by atoms with van der Waals surface area (Å²) < 4.78 is 0.890. The fourth-order valence-electron chi connectivity index (χ4n) is 3.48. The van der Waals surface area contributed by atoms with Gasteiger partial charge in [0.1, 0.15) is 18.3 Å². The number of para-hydroxylation sites is 1. The number of imidazole rings is 1. The summed E-state index contributed by atoms with van der Waals surface area (Å²) in [5.74, 6) is -0.957. The molecule has 0 spiro atoms. The predicted octanol–water partition coefficient (Wildman–Crippen LogP) is 3.58. The van der Waals surface area contributed by atoms with Crippen LogP contribution in [0.2, 0.25) is 0 Å². The zero-order valence-corrected chi connectivity index (χ0v) is 17.4. The Balaban J connectivity index is 1.57. The van der Waals surface area contributed by atoms with Crippen molar-refractivity contribution in [3.8, 4) is 17.0 Å². The number of hydrogen-bond donors (Lipinski definition) is 4. The van der Waals surface area contributed by atoms with E-state index in [1.807, 2.05) is 43.3 Å². The van der Waals surface area contributed by atoms with Gasteiger partial charge in [0.2, 0.25) is 11.8 Å². The number of rotatable bonds is 6. The van der Waals surface area contributed by atoms with Gasteiger partial charge in [-0.3, -0.25) is 9.36 Å². The number of carbonyl (C=O) groups is 1. The van der Waals surface area contributed by atoms with Crippen molar-refractivity contribution in [3.63, 3.8) is 0 Å². The van der Waals surface area contributed by atoms with E-state index in [1.165, 1.54) is 0 Å². The maximum absolute atomic E-state index is 12.4. The average Bonchev–Trinajstić information content (AvgIpc) is 3.08. The van der Waals surface area contributed by atoms with Gasteiger partial charge in [-0.05, 0) is 41.8 Å². The number of hydrogen-bond acceptors (Lipinski definition) is 4. The number of benzene rings is 3. The maximum Gasteiger partial charge on any atom is 0.329 e. The van der Waals surface area contributed by atoms with Crippen LogP contribution < -0.4 is 11.0 Å². The highest BCUT2D eigenvalue weighted by molar-refractivity contribution is 5.90. The van der Waals surface area contributed by atoms with Crippen molar-refractivity contribution in [2.24, 2.45) is 0 Å². The van der Waals surface area contributed by atoms with E-state index in [-0.39, 0.29) is 5.69 Å². The minimum atomic E-state index is -1.27. The largest absolute Gasteiger partial charge is 0.493 e. The number of H-pyrrole nitrogens is 1. The highest BCUT2D eigenvalue weighted by atomic mass is 16.3. The molecule has 1 atom stereocenters. The molecule has 1 aromatic heterocycles. The molecule has 7 heteroatoms. The standard InChI is InChI=1S/C25H23N3O4/c1-16-10-12-17(13-11-16)18-6-5-7-19(14-18)23(30)22-24(31)28(25(32)27-22)15-21(29)26-20-8-3-2-4-9-20/h2-14,23,30-31H,15H2,1H3,(H,26,29)(H,27,32). The lowest BCUT2D eigenvalue weighted by Crippen LogP contribution is -2.25. The van der Waals surface area contributed by atoms with Crippen LogP contribution in [0, 0.1) is 6.92 Å². The van der Waals surface area contributed by atoms with Crippen molar-refractivity contribution in [2.45, 2.75) is 19.6 Å². The number of carbonyl (C=O) groups excluding carboxylic acids is 1. The highest BCUT2D eigenvalue weighted by Crippen LogP contribution is 2.30. The molecule has 0 bridgehead atoms. The first-order chi connectivity index (χ1) is 15.4. The molecule has 0 aliphatic carbocycles. The average molecular weight is 429 g/mol. The van der Waals surface area contributed by atoms with Crippen LogP contribution in [-0.4, -0.2) is 25.7 Å². The number of aromatic hydroxyl groups is 1. The van der Waals surface area contributed by atoms with Crippen molar-refractivity contribution in [3.05, 3.63) is 106 Å². The molecule has 7 nitrogen and oxygen atoms in total. The predicted molar refractivity (Wildman–Crippen MR) is 122 cm³/mol. The Hall–Kier alpha value is -4.10. The number of aliphatic hydroxyl groups excluding tert-OH is 1. The van der Waals surface area contributed by atoms with Gasteiger partial charge in [0.25, 0.3) is 0 Å². The first-order valence-corrected chi connectivity index (χ1v) is 10.1.